The maximum Gasteiger partial charge on any atom is 0.343 e. The van der Waals surface area contributed by atoms with Gasteiger partial charge in [0.15, 0.2) is 6.79 Å². The van der Waals surface area contributed by atoms with Crippen molar-refractivity contribution in [1.29, 1.82) is 0 Å². The number of carbonyl (C=O) groups excluding carboxylic acids is 2. The summed E-state index contributed by atoms with van der Waals surface area (Å²) in [6.07, 6.45) is 7.23. The van der Waals surface area contributed by atoms with Crippen molar-refractivity contribution >= 4 is 22.7 Å². The summed E-state index contributed by atoms with van der Waals surface area (Å²) in [5, 5.41) is 2.09. The highest BCUT2D eigenvalue weighted by Gasteiger charge is 2.12. The second-order valence-corrected chi connectivity index (χ2v) is 10.4. The molecular formula is C38H40O9. The summed E-state index contributed by atoms with van der Waals surface area (Å²) in [5.74, 6) is 1.73. The molecule has 0 amide bonds. The van der Waals surface area contributed by atoms with Gasteiger partial charge in [-0.25, -0.2) is 9.59 Å². The molecule has 0 aliphatic heterocycles. The van der Waals surface area contributed by atoms with Crippen LogP contribution in [0.5, 0.6) is 28.7 Å². The normalized spacial score (nSPS) is 10.6. The van der Waals surface area contributed by atoms with Gasteiger partial charge in [-0.3, -0.25) is 0 Å². The first-order valence-corrected chi connectivity index (χ1v) is 15.5. The third kappa shape index (κ3) is 11.2. The fourth-order valence-corrected chi connectivity index (χ4v) is 4.57. The Bertz CT molecular complexity index is 1630. The Hall–Kier alpha value is -5.28. The van der Waals surface area contributed by atoms with Gasteiger partial charge < -0.3 is 33.2 Å². The molecule has 4 rings (SSSR count). The average molecular weight is 641 g/mol. The first kappa shape index (κ1) is 34.6. The number of aryl methyl sites for hydroxylation is 1. The minimum Gasteiger partial charge on any atom is -0.494 e. The standard InChI is InChI=1S/C38H40O9/c1-4-28-23-35(47-38(40)29-11-15-32(16-12-29)46-37(39)5-2)19-20-36(28)45-27-44-34-18-14-30-24-33(17-13-31(30)25-34)43-22-10-8-7-9-21-42-26-41-6-3/h5-6,11-20,23-25H,2-4,7-10,21-22,26-27H2,1H3. The van der Waals surface area contributed by atoms with Crippen LogP contribution in [-0.2, 0) is 20.7 Å². The summed E-state index contributed by atoms with van der Waals surface area (Å²) in [6.45, 7) is 10.4. The summed E-state index contributed by atoms with van der Waals surface area (Å²) in [5.41, 5.74) is 1.18. The van der Waals surface area contributed by atoms with E-state index in [1.165, 1.54) is 30.5 Å². The zero-order valence-electron chi connectivity index (χ0n) is 26.6. The maximum atomic E-state index is 12.6. The van der Waals surface area contributed by atoms with Crippen molar-refractivity contribution in [3.05, 3.63) is 115 Å². The molecule has 0 saturated carbocycles. The minimum absolute atomic E-state index is 0.0103. The lowest BCUT2D eigenvalue weighted by Gasteiger charge is -2.14. The smallest absolute Gasteiger partial charge is 0.343 e. The molecule has 0 N–H and O–H groups in total. The van der Waals surface area contributed by atoms with Gasteiger partial charge in [-0.05, 0) is 109 Å². The lowest BCUT2D eigenvalue weighted by molar-refractivity contribution is -0.128. The molecule has 0 spiro atoms. The van der Waals surface area contributed by atoms with Crippen LogP contribution in [-0.4, -0.2) is 38.7 Å². The van der Waals surface area contributed by atoms with Gasteiger partial charge in [0, 0.05) is 6.08 Å². The molecule has 0 fully saturated rings. The van der Waals surface area contributed by atoms with E-state index in [4.69, 9.17) is 33.2 Å². The van der Waals surface area contributed by atoms with Crippen LogP contribution in [0.15, 0.2) is 104 Å². The first-order valence-electron chi connectivity index (χ1n) is 15.5. The molecule has 246 valence electrons. The number of unbranched alkanes of at least 4 members (excludes halogenated alkanes) is 3. The predicted molar refractivity (Wildman–Crippen MR) is 179 cm³/mol. The van der Waals surface area contributed by atoms with E-state index in [2.05, 4.69) is 13.2 Å². The Balaban J connectivity index is 1.21. The molecule has 0 bridgehead atoms. The van der Waals surface area contributed by atoms with Crippen molar-refractivity contribution in [2.75, 3.05) is 26.8 Å². The van der Waals surface area contributed by atoms with Crippen LogP contribution in [0.25, 0.3) is 10.8 Å². The maximum absolute atomic E-state index is 12.6. The third-order valence-electron chi connectivity index (χ3n) is 7.04. The van der Waals surface area contributed by atoms with Crippen molar-refractivity contribution in [1.82, 2.24) is 0 Å². The Kier molecular flexibility index (Phi) is 13.7. The van der Waals surface area contributed by atoms with Crippen LogP contribution < -0.4 is 23.7 Å². The zero-order valence-corrected chi connectivity index (χ0v) is 26.6. The van der Waals surface area contributed by atoms with Gasteiger partial charge in [-0.2, -0.15) is 0 Å². The Labute approximate surface area is 275 Å². The SMILES string of the molecule is C=COCOCCCCCCOc1ccc2cc(OCOc3ccc(OC(=O)c4ccc(OC(=O)C=C)cc4)cc3CC)ccc2c1. The molecule has 0 radical (unpaired) electrons. The molecule has 0 atom stereocenters. The number of hydrogen-bond donors (Lipinski definition) is 0. The van der Waals surface area contributed by atoms with Crippen molar-refractivity contribution in [3.63, 3.8) is 0 Å². The summed E-state index contributed by atoms with van der Waals surface area (Å²) < 4.78 is 38.6. The van der Waals surface area contributed by atoms with Crippen LogP contribution in [0.3, 0.4) is 0 Å². The first-order chi connectivity index (χ1) is 23.0. The van der Waals surface area contributed by atoms with Gasteiger partial charge >= 0.3 is 11.9 Å². The van der Waals surface area contributed by atoms with Crippen LogP contribution >= 0.6 is 0 Å². The van der Waals surface area contributed by atoms with Crippen LogP contribution in [0.2, 0.25) is 0 Å². The van der Waals surface area contributed by atoms with Crippen molar-refractivity contribution in [3.8, 4) is 28.7 Å². The quantitative estimate of drug-likeness (QED) is 0.0236. The second kappa shape index (κ2) is 18.6. The fraction of sp³-hybridized carbons (Fsp3) is 0.263. The highest BCUT2D eigenvalue weighted by atomic mass is 16.7. The van der Waals surface area contributed by atoms with Gasteiger partial charge in [0.2, 0.25) is 6.79 Å². The minimum atomic E-state index is -0.579. The lowest BCUT2D eigenvalue weighted by Crippen LogP contribution is -2.10. The molecule has 9 nitrogen and oxygen atoms in total. The van der Waals surface area contributed by atoms with E-state index in [9.17, 15) is 9.59 Å². The van der Waals surface area contributed by atoms with E-state index in [-0.39, 0.29) is 13.6 Å². The Morgan fingerprint density at radius 3 is 2.00 bits per heavy atom. The average Bonchev–Trinajstić information content (AvgIpc) is 3.09. The zero-order chi connectivity index (χ0) is 33.3. The molecule has 4 aromatic rings. The molecule has 4 aromatic carbocycles. The molecule has 0 aliphatic rings. The third-order valence-corrected chi connectivity index (χ3v) is 7.04. The van der Waals surface area contributed by atoms with E-state index in [1.54, 1.807) is 18.2 Å². The summed E-state index contributed by atoms with van der Waals surface area (Å²) >= 11 is 0. The van der Waals surface area contributed by atoms with Gasteiger partial charge in [-0.15, -0.1) is 0 Å². The molecule has 0 saturated heterocycles. The second-order valence-electron chi connectivity index (χ2n) is 10.4. The van der Waals surface area contributed by atoms with Crippen molar-refractivity contribution in [2.24, 2.45) is 0 Å². The number of benzene rings is 4. The number of hydrogen-bond acceptors (Lipinski definition) is 9. The molecule has 0 heterocycles. The van der Waals surface area contributed by atoms with E-state index in [0.717, 1.165) is 53.8 Å². The van der Waals surface area contributed by atoms with Gasteiger partial charge in [0.25, 0.3) is 0 Å². The Morgan fingerprint density at radius 1 is 0.660 bits per heavy atom. The fourth-order valence-electron chi connectivity index (χ4n) is 4.57. The van der Waals surface area contributed by atoms with Crippen LogP contribution in [0.1, 0.15) is 48.5 Å². The highest BCUT2D eigenvalue weighted by Crippen LogP contribution is 2.28. The largest absolute Gasteiger partial charge is 0.494 e. The summed E-state index contributed by atoms with van der Waals surface area (Å²) in [7, 11) is 0. The van der Waals surface area contributed by atoms with Crippen LogP contribution in [0.4, 0.5) is 0 Å². The summed E-state index contributed by atoms with van der Waals surface area (Å²) in [6, 6.07) is 23.1. The number of esters is 2. The van der Waals surface area contributed by atoms with Crippen molar-refractivity contribution < 1.29 is 42.7 Å². The Morgan fingerprint density at radius 2 is 1.32 bits per heavy atom. The van der Waals surface area contributed by atoms with E-state index < -0.39 is 11.9 Å². The predicted octanol–water partition coefficient (Wildman–Crippen LogP) is 8.20. The molecule has 47 heavy (non-hydrogen) atoms. The topological polar surface area (TPSA) is 98.8 Å². The summed E-state index contributed by atoms with van der Waals surface area (Å²) in [4.78, 5) is 24.0. The van der Waals surface area contributed by atoms with Gasteiger partial charge in [0.1, 0.15) is 28.7 Å². The number of fused-ring (bicyclic) bond motifs is 1. The van der Waals surface area contributed by atoms with E-state index in [0.29, 0.717) is 48.2 Å². The number of rotatable bonds is 20. The van der Waals surface area contributed by atoms with Crippen LogP contribution in [0, 0.1) is 0 Å². The van der Waals surface area contributed by atoms with E-state index >= 15 is 0 Å². The van der Waals surface area contributed by atoms with Gasteiger partial charge in [-0.1, -0.05) is 38.6 Å². The number of carbonyl (C=O) groups is 2. The molecular weight excluding hydrogens is 600 g/mol. The molecule has 0 aromatic heterocycles. The van der Waals surface area contributed by atoms with Gasteiger partial charge in [0.05, 0.1) is 25.0 Å². The molecule has 0 aliphatic carbocycles. The van der Waals surface area contributed by atoms with E-state index in [1.807, 2.05) is 43.3 Å². The van der Waals surface area contributed by atoms with Crippen molar-refractivity contribution in [2.45, 2.75) is 39.0 Å². The highest BCUT2D eigenvalue weighted by molar-refractivity contribution is 5.91. The number of ether oxygens (including phenoxy) is 7. The molecule has 0 unspecified atom stereocenters. The molecule has 9 heteroatoms. The lowest BCUT2D eigenvalue weighted by atomic mass is 10.1. The monoisotopic (exact) mass is 640 g/mol.